The number of carboxylic acids is 1. The fourth-order valence-corrected chi connectivity index (χ4v) is 10.8. The molecule has 0 unspecified atom stereocenters. The van der Waals surface area contributed by atoms with Gasteiger partial charge in [0.1, 0.15) is 34.4 Å². The van der Waals surface area contributed by atoms with Crippen LogP contribution in [-0.4, -0.2) is 146 Å². The third-order valence-electron chi connectivity index (χ3n) is 16.4. The number of amides is 7. The number of carboxylic acid groups (broad SMARTS) is 1. The quantitative estimate of drug-likeness (QED) is 0.00322. The average molecular weight is 1700 g/mol. The number of carbonyl (C=O) groups is 10. The zero-order valence-corrected chi connectivity index (χ0v) is 72.0. The fourth-order valence-electron chi connectivity index (χ4n) is 10.7. The molecule has 658 valence electrons. The number of hydrogen-bond acceptors (Lipinski definition) is 22. The Morgan fingerprint density at radius 2 is 0.697 bits per heavy atom. The zero-order chi connectivity index (χ0) is 88.9. The SMILES string of the molecule is CC(C)(C)OC(=O)NCCCC[C@@H](C(=O)C[C@@H](Cc1ccccc1)C(N)=O)c1ccccc1.CC(C)(C)OC(=O)NCCCC[C@@H](C(=O)O)c1ccccc1.CC(C)(C)OC(=O)NCCCC[C@H](N)C(=O)C[C@@H](Cc1ccccc1)C(N)=O.COOC=N.COOC=N.Cl.NC(=O)[C@@H](N)Cc1ccccc1.NC(=O)[C@H](Cc1ccccc1)NCl. The molecule has 0 heterocycles. The van der Waals surface area contributed by atoms with E-state index < -0.39 is 101 Å². The second kappa shape index (κ2) is 64.2. The second-order valence-electron chi connectivity index (χ2n) is 29.8. The molecule has 19 N–H and O–H groups in total. The van der Waals surface area contributed by atoms with Gasteiger partial charge in [0.2, 0.25) is 36.4 Å². The molecule has 0 aliphatic heterocycles. The maximum Gasteiger partial charge on any atom is 0.407 e. The lowest BCUT2D eigenvalue weighted by Crippen LogP contribution is -2.38. The van der Waals surface area contributed by atoms with Crippen molar-refractivity contribution in [2.45, 2.75) is 205 Å². The summed E-state index contributed by atoms with van der Waals surface area (Å²) in [4.78, 5) is 135. The highest BCUT2D eigenvalue weighted by Crippen LogP contribution is 2.28. The van der Waals surface area contributed by atoms with Crippen LogP contribution in [0.3, 0.4) is 0 Å². The van der Waals surface area contributed by atoms with Crippen molar-refractivity contribution >= 4 is 96.4 Å². The van der Waals surface area contributed by atoms with E-state index in [4.69, 9.17) is 71.2 Å². The number of nitrogens with one attached hydrogen (secondary N) is 6. The van der Waals surface area contributed by atoms with Gasteiger partial charge >= 0.3 is 24.2 Å². The molecule has 0 bridgehead atoms. The Balaban J connectivity index is 0. The largest absolute Gasteiger partial charge is 0.481 e. The Bertz CT molecular complexity index is 3800. The minimum atomic E-state index is -0.814. The van der Waals surface area contributed by atoms with Gasteiger partial charge in [0, 0.05) is 50.2 Å². The second-order valence-corrected chi connectivity index (χ2v) is 30.0. The molecule has 7 atom stereocenters. The highest BCUT2D eigenvalue weighted by atomic mass is 35.5. The van der Waals surface area contributed by atoms with Crippen molar-refractivity contribution in [1.29, 1.82) is 10.8 Å². The molecule has 6 rings (SSSR count). The van der Waals surface area contributed by atoms with Crippen LogP contribution in [0, 0.1) is 22.7 Å². The number of alkyl carbamates (subject to hydrolysis) is 3. The lowest BCUT2D eigenvalue weighted by Gasteiger charge is -2.20. The lowest BCUT2D eigenvalue weighted by atomic mass is 9.83. The van der Waals surface area contributed by atoms with Crippen molar-refractivity contribution in [3.8, 4) is 0 Å². The van der Waals surface area contributed by atoms with Gasteiger partial charge in [0.25, 0.3) is 0 Å². The number of aliphatic carboxylic acids is 1. The highest BCUT2D eigenvalue weighted by molar-refractivity contribution is 6.15. The van der Waals surface area contributed by atoms with Crippen molar-refractivity contribution in [3.05, 3.63) is 215 Å². The smallest absolute Gasteiger partial charge is 0.407 e. The van der Waals surface area contributed by atoms with Gasteiger partial charge in [-0.1, -0.05) is 195 Å². The summed E-state index contributed by atoms with van der Waals surface area (Å²) in [5.41, 5.74) is 36.9. The van der Waals surface area contributed by atoms with Crippen molar-refractivity contribution < 1.29 is 86.8 Å². The lowest BCUT2D eigenvalue weighted by molar-refractivity contribution is -0.188. The van der Waals surface area contributed by atoms with Gasteiger partial charge in [-0.15, -0.1) is 12.4 Å². The van der Waals surface area contributed by atoms with Crippen LogP contribution in [0.5, 0.6) is 0 Å². The van der Waals surface area contributed by atoms with E-state index in [0.717, 1.165) is 59.1 Å². The Labute approximate surface area is 712 Å². The number of hydrogen-bond donors (Lipinski definition) is 13. The molecule has 0 spiro atoms. The van der Waals surface area contributed by atoms with Crippen molar-refractivity contribution in [2.75, 3.05) is 33.9 Å². The molecule has 119 heavy (non-hydrogen) atoms. The third-order valence-corrected chi connectivity index (χ3v) is 16.6. The number of primary amides is 4. The van der Waals surface area contributed by atoms with Crippen LogP contribution in [0.4, 0.5) is 14.4 Å². The van der Waals surface area contributed by atoms with Gasteiger partial charge in [0.05, 0.1) is 32.2 Å². The molecule has 0 fully saturated rings. The number of Topliss-reactive ketones (excluding diaryl/α,β-unsaturated/α-hetero) is 2. The Morgan fingerprint density at radius 1 is 0.403 bits per heavy atom. The Kier molecular flexibility index (Phi) is 59.4. The first-order valence-corrected chi connectivity index (χ1v) is 39.0. The van der Waals surface area contributed by atoms with Gasteiger partial charge < -0.3 is 79.4 Å². The molecule has 30 nitrogen and oxygen atoms in total. The maximum atomic E-state index is 13.3. The summed E-state index contributed by atoms with van der Waals surface area (Å²) in [6.07, 6.45) is 8.09. The molecule has 6 aromatic carbocycles. The summed E-state index contributed by atoms with van der Waals surface area (Å²) in [6.45, 7) is 17.7. The van der Waals surface area contributed by atoms with Gasteiger partial charge in [0.15, 0.2) is 0 Å². The molecule has 0 saturated heterocycles. The first kappa shape index (κ1) is 110. The molecule has 0 aromatic heterocycles. The molecule has 0 aliphatic carbocycles. The average Bonchev–Trinajstić information content (AvgIpc) is 0.855. The molecule has 0 radical (unpaired) electrons. The van der Waals surface area contributed by atoms with Crippen molar-refractivity contribution in [2.24, 2.45) is 46.2 Å². The summed E-state index contributed by atoms with van der Waals surface area (Å²) in [5.74, 6) is -4.74. The molecular weight excluding hydrogens is 1570 g/mol. The Hall–Kier alpha value is -10.9. The number of rotatable bonds is 41. The molecule has 32 heteroatoms. The maximum absolute atomic E-state index is 13.3. The van der Waals surface area contributed by atoms with E-state index in [-0.39, 0.29) is 42.7 Å². The predicted molar refractivity (Wildman–Crippen MR) is 464 cm³/mol. The van der Waals surface area contributed by atoms with Crippen LogP contribution in [0.1, 0.15) is 178 Å². The Morgan fingerprint density at radius 3 is 0.975 bits per heavy atom. The summed E-state index contributed by atoms with van der Waals surface area (Å²) in [5, 5.41) is 29.7. The standard InChI is InChI=1S/C27H36N2O4.C21H33N3O4.C17H25NO4.C9H11ClN2O.C9H12N2O.2C2H5NO2.ClH/c1-27(2,3)33-26(32)29-17-11-10-16-23(21-14-8-5-9-15-21)24(30)19-22(25(28)31)18-20-12-6-4-7-13-20;1-21(2,3)28-20(27)24-12-8-7-11-17(22)18(25)14-16(19(23)26)13-15-9-5-4-6-10-15;1-17(2,3)22-16(21)18-12-8-7-11-14(15(19)20)13-9-5-4-6-10-13;10-12-8(9(11)13)6-7-4-2-1-3-5-7;10-8(9(11)12)6-7-4-2-1-3-5-7;2*1-4-5-2-3;/h4-9,12-15,22-23H,10-11,16-19H2,1-3H3,(H2,28,31)(H,29,32);4-6,9-10,16-17H,7-8,11-14,22H2,1-3H3,(H2,23,26)(H,24,27);4-6,9-10,14H,7-8,11-12H2,1-3H3,(H,18,21)(H,19,20);1-5,8,12H,6H2,(H2,11,13);1-5,8H,6,10H2,(H2,11,12);2*2-3H,1H3;1H/t22-,23-;16-,17+;14-;2*8-;;;/m11100.../s1. The van der Waals surface area contributed by atoms with Crippen LogP contribution in [0.15, 0.2) is 182 Å². The van der Waals surface area contributed by atoms with Crippen molar-refractivity contribution in [3.63, 3.8) is 0 Å². The van der Waals surface area contributed by atoms with Crippen LogP contribution >= 0.6 is 24.2 Å². The number of nitrogens with two attached hydrogens (primary N) is 6. The minimum Gasteiger partial charge on any atom is -0.481 e. The van der Waals surface area contributed by atoms with Crippen LogP contribution < -0.4 is 55.2 Å². The third kappa shape index (κ3) is 58.6. The monoisotopic (exact) mass is 1700 g/mol. The van der Waals surface area contributed by atoms with Gasteiger partial charge in [-0.3, -0.25) is 44.4 Å². The van der Waals surface area contributed by atoms with E-state index in [0.29, 0.717) is 90.2 Å². The van der Waals surface area contributed by atoms with E-state index in [1.54, 1.807) is 20.8 Å². The van der Waals surface area contributed by atoms with Gasteiger partial charge in [-0.05, 0) is 178 Å². The van der Waals surface area contributed by atoms with E-state index in [9.17, 15) is 53.1 Å². The summed E-state index contributed by atoms with van der Waals surface area (Å²) < 4.78 is 15.5. The number of unbranched alkanes of at least 4 members (excludes halogenated alkanes) is 3. The van der Waals surface area contributed by atoms with E-state index in [1.807, 2.05) is 224 Å². The fraction of sp³-hybridized carbons (Fsp3) is 0.448. The number of benzene rings is 6. The van der Waals surface area contributed by atoms with Gasteiger partial charge in [-0.2, -0.15) is 9.78 Å². The van der Waals surface area contributed by atoms with Gasteiger partial charge in [-0.25, -0.2) is 19.2 Å². The van der Waals surface area contributed by atoms with Crippen LogP contribution in [0.2, 0.25) is 0 Å². The summed E-state index contributed by atoms with van der Waals surface area (Å²) >= 11 is 5.36. The number of ketones is 2. The summed E-state index contributed by atoms with van der Waals surface area (Å²) in [7, 11) is 2.68. The zero-order valence-electron chi connectivity index (χ0n) is 70.4. The molecule has 6 aromatic rings. The van der Waals surface area contributed by atoms with Crippen LogP contribution in [0.25, 0.3) is 0 Å². The number of carbonyl (C=O) groups excluding carboxylic acids is 9. The highest BCUT2D eigenvalue weighted by Gasteiger charge is 2.28. The molecule has 0 saturated carbocycles. The minimum absolute atomic E-state index is 0. The normalized spacial score (nSPS) is 12.3. The molecule has 7 amide bonds. The number of halogens is 2. The first-order valence-electron chi connectivity index (χ1n) is 38.7. The van der Waals surface area contributed by atoms with E-state index >= 15 is 0 Å². The number of ether oxygens (including phenoxy) is 3. The van der Waals surface area contributed by atoms with E-state index in [2.05, 4.69) is 40.3 Å². The molecular formula is C87H128Cl2N12O18. The van der Waals surface area contributed by atoms with Crippen molar-refractivity contribution in [1.82, 2.24) is 20.8 Å². The topological polar surface area (TPSA) is 507 Å². The summed E-state index contributed by atoms with van der Waals surface area (Å²) in [6, 6.07) is 55.3. The predicted octanol–water partition coefficient (Wildman–Crippen LogP) is 12.3. The molecule has 0 aliphatic rings. The van der Waals surface area contributed by atoms with Crippen LogP contribution in [-0.2, 0) is 93.0 Å². The first-order chi connectivity index (χ1) is 55.8. The van der Waals surface area contributed by atoms with E-state index in [1.165, 1.54) is 14.2 Å².